The van der Waals surface area contributed by atoms with Gasteiger partial charge >= 0.3 is 0 Å². The van der Waals surface area contributed by atoms with E-state index >= 15 is 0 Å². The quantitative estimate of drug-likeness (QED) is 0.648. The van der Waals surface area contributed by atoms with Crippen LogP contribution >= 0.6 is 0 Å². The summed E-state index contributed by atoms with van der Waals surface area (Å²) in [6.45, 7) is 4.17. The van der Waals surface area contributed by atoms with E-state index in [-0.39, 0.29) is 6.10 Å². The Hall–Kier alpha value is -0.120. The van der Waals surface area contributed by atoms with Crippen LogP contribution in [0.1, 0.15) is 64.7 Å². The smallest absolute Gasteiger partial charge is 0.0512 e. The molecular weight excluding hydrogens is 236 g/mol. The first-order valence-electron chi connectivity index (χ1n) is 8.42. The molecule has 0 radical (unpaired) electrons. The fraction of sp³-hybridized carbons (Fsp3) is 1.00. The maximum absolute atomic E-state index is 9.31. The van der Waals surface area contributed by atoms with Crippen LogP contribution in [0.15, 0.2) is 0 Å². The van der Waals surface area contributed by atoms with Crippen LogP contribution in [-0.2, 0) is 0 Å². The molecule has 3 N–H and O–H groups in total. The topological polar surface area (TPSA) is 44.3 Å². The second-order valence-corrected chi connectivity index (χ2v) is 6.56. The molecule has 4 atom stereocenters. The predicted molar refractivity (Wildman–Crippen MR) is 80.3 cm³/mol. The van der Waals surface area contributed by atoms with Crippen LogP contribution in [0.3, 0.4) is 0 Å². The molecule has 0 aromatic rings. The fourth-order valence-corrected chi connectivity index (χ4v) is 3.82. The number of rotatable bonds is 6. The Labute approximate surface area is 118 Å². The summed E-state index contributed by atoms with van der Waals surface area (Å²) in [6, 6.07) is 1.46. The van der Waals surface area contributed by atoms with E-state index in [2.05, 4.69) is 10.6 Å². The van der Waals surface area contributed by atoms with Crippen molar-refractivity contribution in [2.45, 2.75) is 82.9 Å². The Morgan fingerprint density at radius 2 is 1.95 bits per heavy atom. The Morgan fingerprint density at radius 1 is 1.16 bits per heavy atom. The fourth-order valence-electron chi connectivity index (χ4n) is 3.82. The summed E-state index contributed by atoms with van der Waals surface area (Å²) in [4.78, 5) is 0. The van der Waals surface area contributed by atoms with Gasteiger partial charge in [0.25, 0.3) is 0 Å². The van der Waals surface area contributed by atoms with Gasteiger partial charge in [-0.05, 0) is 64.5 Å². The third kappa shape index (κ3) is 5.05. The average Bonchev–Trinajstić information content (AvgIpc) is 2.45. The van der Waals surface area contributed by atoms with Gasteiger partial charge in [0.2, 0.25) is 0 Å². The third-order valence-electron chi connectivity index (χ3n) is 4.89. The average molecular weight is 268 g/mol. The minimum atomic E-state index is -0.149. The summed E-state index contributed by atoms with van der Waals surface area (Å²) < 4.78 is 0. The molecule has 4 unspecified atom stereocenters. The van der Waals surface area contributed by atoms with Crippen LogP contribution in [0.25, 0.3) is 0 Å². The van der Waals surface area contributed by atoms with E-state index in [0.29, 0.717) is 6.04 Å². The summed E-state index contributed by atoms with van der Waals surface area (Å²) >= 11 is 0. The molecule has 2 aliphatic rings. The van der Waals surface area contributed by atoms with E-state index in [4.69, 9.17) is 0 Å². The van der Waals surface area contributed by atoms with E-state index < -0.39 is 0 Å². The number of aliphatic hydroxyl groups excluding tert-OH is 1. The molecule has 19 heavy (non-hydrogen) atoms. The second-order valence-electron chi connectivity index (χ2n) is 6.56. The standard InChI is InChI=1S/C16H32N2O/c1-13(19)7-6-12-18-15-9-3-2-8-14(15)16-10-4-5-11-17-16/h13-19H,2-12H2,1H3. The van der Waals surface area contributed by atoms with Gasteiger partial charge in [-0.25, -0.2) is 0 Å². The highest BCUT2D eigenvalue weighted by atomic mass is 16.3. The van der Waals surface area contributed by atoms with Gasteiger partial charge in [-0.1, -0.05) is 19.3 Å². The van der Waals surface area contributed by atoms with Gasteiger partial charge in [-0.3, -0.25) is 0 Å². The second kappa shape index (κ2) is 8.23. The highest BCUT2D eigenvalue weighted by Gasteiger charge is 2.31. The van der Waals surface area contributed by atoms with Crippen molar-refractivity contribution in [2.24, 2.45) is 5.92 Å². The maximum atomic E-state index is 9.31. The minimum absolute atomic E-state index is 0.149. The Bertz CT molecular complexity index is 239. The van der Waals surface area contributed by atoms with Crippen LogP contribution in [-0.4, -0.2) is 36.4 Å². The molecule has 3 nitrogen and oxygen atoms in total. The summed E-state index contributed by atoms with van der Waals surface area (Å²) in [5.74, 6) is 0.834. The van der Waals surface area contributed by atoms with Gasteiger partial charge in [0.15, 0.2) is 0 Å². The molecule has 1 aliphatic carbocycles. The van der Waals surface area contributed by atoms with Crippen molar-refractivity contribution >= 4 is 0 Å². The van der Waals surface area contributed by atoms with Crippen LogP contribution < -0.4 is 10.6 Å². The molecule has 1 saturated heterocycles. The van der Waals surface area contributed by atoms with Gasteiger partial charge < -0.3 is 15.7 Å². The summed E-state index contributed by atoms with van der Waals surface area (Å²) in [7, 11) is 0. The number of hydrogen-bond donors (Lipinski definition) is 3. The molecule has 3 heteroatoms. The van der Waals surface area contributed by atoms with Crippen molar-refractivity contribution in [3.63, 3.8) is 0 Å². The largest absolute Gasteiger partial charge is 0.393 e. The number of piperidine rings is 1. The molecule has 2 fully saturated rings. The van der Waals surface area contributed by atoms with Gasteiger partial charge in [-0.2, -0.15) is 0 Å². The van der Waals surface area contributed by atoms with Crippen LogP contribution in [0.5, 0.6) is 0 Å². The van der Waals surface area contributed by atoms with Crippen LogP contribution in [0.2, 0.25) is 0 Å². The Kier molecular flexibility index (Phi) is 6.62. The van der Waals surface area contributed by atoms with E-state index in [1.807, 2.05) is 6.92 Å². The van der Waals surface area contributed by atoms with Crippen molar-refractivity contribution in [3.8, 4) is 0 Å². The molecular formula is C16H32N2O. The molecule has 1 heterocycles. The Balaban J connectivity index is 1.75. The zero-order chi connectivity index (χ0) is 13.5. The van der Waals surface area contributed by atoms with E-state index in [0.717, 1.165) is 31.3 Å². The lowest BCUT2D eigenvalue weighted by Gasteiger charge is -2.40. The molecule has 0 amide bonds. The molecule has 0 aromatic carbocycles. The van der Waals surface area contributed by atoms with E-state index in [1.165, 1.54) is 51.5 Å². The van der Waals surface area contributed by atoms with Gasteiger partial charge in [0.05, 0.1) is 6.10 Å². The van der Waals surface area contributed by atoms with Gasteiger partial charge in [0.1, 0.15) is 0 Å². The predicted octanol–water partition coefficient (Wildman–Crippen LogP) is 2.44. The number of aliphatic hydroxyl groups is 1. The van der Waals surface area contributed by atoms with E-state index in [1.54, 1.807) is 0 Å². The van der Waals surface area contributed by atoms with Crippen molar-refractivity contribution in [3.05, 3.63) is 0 Å². The van der Waals surface area contributed by atoms with E-state index in [9.17, 15) is 5.11 Å². The normalized spacial score (nSPS) is 34.1. The first-order valence-corrected chi connectivity index (χ1v) is 8.42. The molecule has 1 saturated carbocycles. The highest BCUT2D eigenvalue weighted by molar-refractivity contribution is 4.90. The lowest BCUT2D eigenvalue weighted by atomic mass is 9.77. The zero-order valence-corrected chi connectivity index (χ0v) is 12.5. The molecule has 0 bridgehead atoms. The molecule has 1 aliphatic heterocycles. The lowest BCUT2D eigenvalue weighted by Crippen LogP contribution is -2.50. The summed E-state index contributed by atoms with van der Waals surface area (Å²) in [5, 5.41) is 16.8. The van der Waals surface area contributed by atoms with Gasteiger partial charge in [0, 0.05) is 12.1 Å². The monoisotopic (exact) mass is 268 g/mol. The Morgan fingerprint density at radius 3 is 2.68 bits per heavy atom. The summed E-state index contributed by atoms with van der Waals surface area (Å²) in [5.41, 5.74) is 0. The van der Waals surface area contributed by atoms with Crippen LogP contribution in [0, 0.1) is 5.92 Å². The van der Waals surface area contributed by atoms with Crippen LogP contribution in [0.4, 0.5) is 0 Å². The van der Waals surface area contributed by atoms with Gasteiger partial charge in [-0.15, -0.1) is 0 Å². The minimum Gasteiger partial charge on any atom is -0.393 e. The molecule has 0 spiro atoms. The first-order chi connectivity index (χ1) is 9.27. The molecule has 112 valence electrons. The third-order valence-corrected chi connectivity index (χ3v) is 4.89. The highest BCUT2D eigenvalue weighted by Crippen LogP contribution is 2.30. The maximum Gasteiger partial charge on any atom is 0.0512 e. The first kappa shape index (κ1) is 15.3. The SMILES string of the molecule is CC(O)CCCNC1CCCCC1C1CCCCN1. The van der Waals surface area contributed by atoms with Crippen molar-refractivity contribution in [2.75, 3.05) is 13.1 Å². The number of nitrogens with one attached hydrogen (secondary N) is 2. The summed E-state index contributed by atoms with van der Waals surface area (Å²) in [6.07, 6.45) is 11.5. The molecule has 0 aromatic heterocycles. The number of hydrogen-bond acceptors (Lipinski definition) is 3. The lowest BCUT2D eigenvalue weighted by molar-refractivity contribution is 0.168. The van der Waals surface area contributed by atoms with Crippen molar-refractivity contribution in [1.82, 2.24) is 10.6 Å². The zero-order valence-electron chi connectivity index (χ0n) is 12.5. The van der Waals surface area contributed by atoms with Crippen molar-refractivity contribution < 1.29 is 5.11 Å². The van der Waals surface area contributed by atoms with Crippen molar-refractivity contribution in [1.29, 1.82) is 0 Å². The molecule has 2 rings (SSSR count).